The van der Waals surface area contributed by atoms with Gasteiger partial charge in [0.1, 0.15) is 0 Å². The molecule has 0 amide bonds. The van der Waals surface area contributed by atoms with Crippen molar-refractivity contribution < 1.29 is 0 Å². The van der Waals surface area contributed by atoms with Gasteiger partial charge >= 0.3 is 0 Å². The molecular formula is C15H14N2S2. The zero-order valence-corrected chi connectivity index (χ0v) is 12.4. The highest BCUT2D eigenvalue weighted by molar-refractivity contribution is 7.98. The van der Waals surface area contributed by atoms with Gasteiger partial charge in [-0.1, -0.05) is 23.5 Å². The summed E-state index contributed by atoms with van der Waals surface area (Å²) in [6.07, 6.45) is 2.08. The minimum Gasteiger partial charge on any atom is -0.331 e. The molecule has 1 N–H and O–H groups in total. The van der Waals surface area contributed by atoms with E-state index in [4.69, 9.17) is 0 Å². The smallest absolute Gasteiger partial charge is 0.188 e. The van der Waals surface area contributed by atoms with Gasteiger partial charge in [-0.2, -0.15) is 0 Å². The van der Waals surface area contributed by atoms with Crippen LogP contribution >= 0.6 is 23.1 Å². The third-order valence-corrected chi connectivity index (χ3v) is 4.52. The van der Waals surface area contributed by atoms with E-state index in [1.165, 1.54) is 15.2 Å². The first-order chi connectivity index (χ1) is 9.24. The van der Waals surface area contributed by atoms with Crippen LogP contribution in [-0.4, -0.2) is 11.2 Å². The van der Waals surface area contributed by atoms with Crippen LogP contribution in [0.3, 0.4) is 0 Å². The molecule has 0 spiro atoms. The highest BCUT2D eigenvalue weighted by Gasteiger charge is 2.04. The zero-order valence-electron chi connectivity index (χ0n) is 10.8. The number of rotatable bonds is 3. The third-order valence-electron chi connectivity index (χ3n) is 2.86. The summed E-state index contributed by atoms with van der Waals surface area (Å²) in [5.74, 6) is 0. The average molecular weight is 286 g/mol. The van der Waals surface area contributed by atoms with Crippen LogP contribution in [0, 0.1) is 6.92 Å². The van der Waals surface area contributed by atoms with Crippen LogP contribution in [0.4, 0.5) is 10.8 Å². The van der Waals surface area contributed by atoms with Crippen molar-refractivity contribution in [3.63, 3.8) is 0 Å². The summed E-state index contributed by atoms with van der Waals surface area (Å²) in [6, 6.07) is 14.7. The second-order valence-electron chi connectivity index (χ2n) is 4.35. The van der Waals surface area contributed by atoms with Crippen molar-refractivity contribution >= 4 is 44.1 Å². The summed E-state index contributed by atoms with van der Waals surface area (Å²) >= 11 is 3.43. The summed E-state index contributed by atoms with van der Waals surface area (Å²) in [5.41, 5.74) is 3.41. The van der Waals surface area contributed by atoms with E-state index in [0.29, 0.717) is 0 Å². The SMILES string of the molecule is CSc1cccc(Nc2nc3ccc(C)cc3s2)c1. The molecular weight excluding hydrogens is 272 g/mol. The molecule has 0 aliphatic rings. The predicted molar refractivity (Wildman–Crippen MR) is 85.9 cm³/mol. The lowest BCUT2D eigenvalue weighted by molar-refractivity contribution is 1.40. The van der Waals surface area contributed by atoms with Crippen LogP contribution in [-0.2, 0) is 0 Å². The first-order valence-corrected chi connectivity index (χ1v) is 8.07. The number of nitrogens with zero attached hydrogens (tertiary/aromatic N) is 1. The highest BCUT2D eigenvalue weighted by atomic mass is 32.2. The van der Waals surface area contributed by atoms with Gasteiger partial charge < -0.3 is 5.32 Å². The van der Waals surface area contributed by atoms with Gasteiger partial charge in [0.15, 0.2) is 5.13 Å². The third kappa shape index (κ3) is 2.74. The van der Waals surface area contributed by atoms with Crippen LogP contribution in [0.15, 0.2) is 47.4 Å². The molecule has 2 nitrogen and oxygen atoms in total. The van der Waals surface area contributed by atoms with E-state index in [1.807, 2.05) is 0 Å². The Morgan fingerprint density at radius 1 is 1.16 bits per heavy atom. The molecule has 1 aromatic heterocycles. The van der Waals surface area contributed by atoms with Gasteiger partial charge in [-0.25, -0.2) is 4.98 Å². The Morgan fingerprint density at radius 2 is 2.05 bits per heavy atom. The van der Waals surface area contributed by atoms with Crippen molar-refractivity contribution in [2.24, 2.45) is 0 Å². The molecule has 0 saturated heterocycles. The van der Waals surface area contributed by atoms with E-state index in [0.717, 1.165) is 16.3 Å². The largest absolute Gasteiger partial charge is 0.331 e. The molecule has 0 saturated carbocycles. The first-order valence-electron chi connectivity index (χ1n) is 6.03. The molecule has 2 aromatic carbocycles. The summed E-state index contributed by atoms with van der Waals surface area (Å²) in [6.45, 7) is 2.11. The fourth-order valence-corrected chi connectivity index (χ4v) is 3.35. The van der Waals surface area contributed by atoms with Gasteiger partial charge in [0.25, 0.3) is 0 Å². The van der Waals surface area contributed by atoms with Gasteiger partial charge in [0.05, 0.1) is 10.2 Å². The maximum absolute atomic E-state index is 4.61. The molecule has 3 rings (SSSR count). The summed E-state index contributed by atoms with van der Waals surface area (Å²) in [7, 11) is 0. The Balaban J connectivity index is 1.92. The monoisotopic (exact) mass is 286 g/mol. The van der Waals surface area contributed by atoms with Gasteiger partial charge in [-0.15, -0.1) is 11.8 Å². The Morgan fingerprint density at radius 3 is 2.89 bits per heavy atom. The lowest BCUT2D eigenvalue weighted by atomic mass is 10.2. The van der Waals surface area contributed by atoms with E-state index in [1.54, 1.807) is 23.1 Å². The van der Waals surface area contributed by atoms with Crippen LogP contribution in [0.1, 0.15) is 5.56 Å². The van der Waals surface area contributed by atoms with E-state index in [2.05, 4.69) is 65.9 Å². The van der Waals surface area contributed by atoms with Crippen LogP contribution in [0.25, 0.3) is 10.2 Å². The minimum absolute atomic E-state index is 0.943. The number of thioether (sulfide) groups is 1. The second-order valence-corrected chi connectivity index (χ2v) is 6.26. The molecule has 0 radical (unpaired) electrons. The Bertz CT molecular complexity index is 719. The normalized spacial score (nSPS) is 10.8. The van der Waals surface area contributed by atoms with Crippen LogP contribution in [0.5, 0.6) is 0 Å². The average Bonchev–Trinajstić information content (AvgIpc) is 2.80. The number of hydrogen-bond donors (Lipinski definition) is 1. The molecule has 0 aliphatic carbocycles. The fraction of sp³-hybridized carbons (Fsp3) is 0.133. The molecule has 3 aromatic rings. The second kappa shape index (κ2) is 5.23. The number of nitrogens with one attached hydrogen (secondary N) is 1. The lowest BCUT2D eigenvalue weighted by Gasteiger charge is -2.03. The molecule has 4 heteroatoms. The van der Waals surface area contributed by atoms with Crippen molar-refractivity contribution in [2.75, 3.05) is 11.6 Å². The predicted octanol–water partition coefficient (Wildman–Crippen LogP) is 5.07. The molecule has 0 bridgehead atoms. The molecule has 1 heterocycles. The first kappa shape index (κ1) is 12.5. The molecule has 0 unspecified atom stereocenters. The van der Waals surface area contributed by atoms with Gasteiger partial charge in [-0.05, 0) is 49.1 Å². The number of aromatic nitrogens is 1. The molecule has 96 valence electrons. The highest BCUT2D eigenvalue weighted by Crippen LogP contribution is 2.29. The number of hydrogen-bond acceptors (Lipinski definition) is 4. The van der Waals surface area contributed by atoms with Gasteiger partial charge in [0.2, 0.25) is 0 Å². The minimum atomic E-state index is 0.943. The molecule has 19 heavy (non-hydrogen) atoms. The number of fused-ring (bicyclic) bond motifs is 1. The molecule has 0 fully saturated rings. The van der Waals surface area contributed by atoms with E-state index in [-0.39, 0.29) is 0 Å². The Hall–Kier alpha value is -1.52. The van der Waals surface area contributed by atoms with E-state index < -0.39 is 0 Å². The maximum Gasteiger partial charge on any atom is 0.188 e. The summed E-state index contributed by atoms with van der Waals surface area (Å²) in [4.78, 5) is 5.86. The maximum atomic E-state index is 4.61. The number of thiazole rings is 1. The number of aryl methyl sites for hydroxylation is 1. The van der Waals surface area contributed by atoms with Crippen molar-refractivity contribution in [1.29, 1.82) is 0 Å². The number of benzene rings is 2. The fourth-order valence-electron chi connectivity index (χ4n) is 1.91. The van der Waals surface area contributed by atoms with Crippen molar-refractivity contribution in [3.05, 3.63) is 48.0 Å². The van der Waals surface area contributed by atoms with Crippen molar-refractivity contribution in [2.45, 2.75) is 11.8 Å². The van der Waals surface area contributed by atoms with Crippen LogP contribution in [0.2, 0.25) is 0 Å². The molecule has 0 atom stereocenters. The quantitative estimate of drug-likeness (QED) is 0.680. The van der Waals surface area contributed by atoms with Crippen LogP contribution < -0.4 is 5.32 Å². The van der Waals surface area contributed by atoms with Gasteiger partial charge in [0, 0.05) is 10.6 Å². The standard InChI is InChI=1S/C15H14N2S2/c1-10-6-7-13-14(8-10)19-15(17-13)16-11-4-3-5-12(9-11)18-2/h3-9H,1-2H3,(H,16,17). The Labute approximate surface area is 120 Å². The van der Waals surface area contributed by atoms with E-state index >= 15 is 0 Å². The summed E-state index contributed by atoms with van der Waals surface area (Å²) < 4.78 is 1.23. The summed E-state index contributed by atoms with van der Waals surface area (Å²) in [5, 5.41) is 4.32. The Kier molecular flexibility index (Phi) is 3.44. The number of anilines is 2. The lowest BCUT2D eigenvalue weighted by Crippen LogP contribution is -1.88. The van der Waals surface area contributed by atoms with E-state index in [9.17, 15) is 0 Å². The van der Waals surface area contributed by atoms with Crippen molar-refractivity contribution in [3.8, 4) is 0 Å². The molecule has 0 aliphatic heterocycles. The topological polar surface area (TPSA) is 24.9 Å². The zero-order chi connectivity index (χ0) is 13.2. The van der Waals surface area contributed by atoms with Crippen molar-refractivity contribution in [1.82, 2.24) is 4.98 Å². The van der Waals surface area contributed by atoms with Gasteiger partial charge in [-0.3, -0.25) is 0 Å².